The first kappa shape index (κ1) is 20.1. The van der Waals surface area contributed by atoms with Crippen molar-refractivity contribution in [1.29, 1.82) is 0 Å². The van der Waals surface area contributed by atoms with E-state index in [2.05, 4.69) is 11.9 Å². The molecule has 1 saturated heterocycles. The zero-order valence-electron chi connectivity index (χ0n) is 15.6. The molecule has 6 nitrogen and oxygen atoms in total. The van der Waals surface area contributed by atoms with Crippen molar-refractivity contribution >= 4 is 21.6 Å². The average molecular weight is 401 g/mol. The fourth-order valence-electron chi connectivity index (χ4n) is 3.15. The molecule has 1 heterocycles. The summed E-state index contributed by atoms with van der Waals surface area (Å²) in [6.07, 6.45) is 2.97. The highest BCUT2D eigenvalue weighted by atomic mass is 32.2. The van der Waals surface area contributed by atoms with Crippen molar-refractivity contribution in [3.05, 3.63) is 67.3 Å². The van der Waals surface area contributed by atoms with Gasteiger partial charge in [0.2, 0.25) is 15.9 Å². The van der Waals surface area contributed by atoms with Crippen LogP contribution < -0.4 is 10.1 Å². The number of ether oxygens (including phenoxy) is 1. The molecule has 1 aliphatic rings. The van der Waals surface area contributed by atoms with Crippen LogP contribution in [0.15, 0.2) is 72.1 Å². The van der Waals surface area contributed by atoms with Crippen molar-refractivity contribution in [3.63, 3.8) is 0 Å². The van der Waals surface area contributed by atoms with Gasteiger partial charge >= 0.3 is 0 Å². The van der Waals surface area contributed by atoms with E-state index >= 15 is 0 Å². The van der Waals surface area contributed by atoms with Gasteiger partial charge in [-0.25, -0.2) is 8.42 Å². The number of nitrogens with one attached hydrogen (secondary N) is 1. The van der Waals surface area contributed by atoms with E-state index in [1.54, 1.807) is 60.7 Å². The SMILES string of the molecule is C=CCOc1ccc(NC(=O)C2CCCN(S(=O)(=O)c3ccccc3)C2)cc1. The molecule has 0 aliphatic carbocycles. The van der Waals surface area contributed by atoms with Gasteiger partial charge in [-0.3, -0.25) is 4.79 Å². The van der Waals surface area contributed by atoms with E-state index in [0.717, 1.165) is 0 Å². The lowest BCUT2D eigenvalue weighted by Gasteiger charge is -2.31. The van der Waals surface area contributed by atoms with Crippen LogP contribution in [-0.4, -0.2) is 38.3 Å². The zero-order chi connectivity index (χ0) is 20.0. The van der Waals surface area contributed by atoms with Crippen LogP contribution in [0.2, 0.25) is 0 Å². The van der Waals surface area contributed by atoms with Gasteiger partial charge in [0, 0.05) is 18.8 Å². The number of carbonyl (C=O) groups is 1. The molecule has 2 aromatic rings. The number of benzene rings is 2. The highest BCUT2D eigenvalue weighted by molar-refractivity contribution is 7.89. The highest BCUT2D eigenvalue weighted by Gasteiger charge is 2.33. The molecule has 1 N–H and O–H groups in total. The second kappa shape index (κ2) is 9.03. The maximum atomic E-state index is 12.8. The number of anilines is 1. The van der Waals surface area contributed by atoms with E-state index in [4.69, 9.17) is 4.74 Å². The van der Waals surface area contributed by atoms with Gasteiger partial charge in [0.15, 0.2) is 0 Å². The maximum absolute atomic E-state index is 12.8. The summed E-state index contributed by atoms with van der Waals surface area (Å²) in [5.41, 5.74) is 0.652. The lowest BCUT2D eigenvalue weighted by atomic mass is 9.99. The molecular formula is C21H24N2O4S. The van der Waals surface area contributed by atoms with Gasteiger partial charge in [-0.05, 0) is 49.2 Å². The van der Waals surface area contributed by atoms with E-state index < -0.39 is 10.0 Å². The molecule has 3 rings (SSSR count). The predicted octanol–water partition coefficient (Wildman–Crippen LogP) is 3.29. The zero-order valence-corrected chi connectivity index (χ0v) is 16.4. The third kappa shape index (κ3) is 4.79. The second-order valence-corrected chi connectivity index (χ2v) is 8.57. The standard InChI is InChI=1S/C21H24N2O4S/c1-2-15-27-19-12-10-18(11-13-19)22-21(24)17-7-6-14-23(16-17)28(25,26)20-8-4-3-5-9-20/h2-5,8-13,17H,1,6-7,14-16H2,(H,22,24). The molecule has 7 heteroatoms. The third-order valence-electron chi connectivity index (χ3n) is 4.63. The van der Waals surface area contributed by atoms with Crippen molar-refractivity contribution < 1.29 is 17.9 Å². The Hall–Kier alpha value is -2.64. The number of carbonyl (C=O) groups excluding carboxylic acids is 1. The first-order valence-corrected chi connectivity index (χ1v) is 10.6. The molecule has 0 spiro atoms. The smallest absolute Gasteiger partial charge is 0.243 e. The largest absolute Gasteiger partial charge is 0.490 e. The van der Waals surface area contributed by atoms with E-state index in [9.17, 15) is 13.2 Å². The van der Waals surface area contributed by atoms with Gasteiger partial charge in [0.1, 0.15) is 12.4 Å². The van der Waals surface area contributed by atoms with Crippen LogP contribution in [0.3, 0.4) is 0 Å². The second-order valence-electron chi connectivity index (χ2n) is 6.63. The number of nitrogens with zero attached hydrogens (tertiary/aromatic N) is 1. The lowest BCUT2D eigenvalue weighted by Crippen LogP contribution is -2.43. The molecule has 28 heavy (non-hydrogen) atoms. The normalized spacial score (nSPS) is 17.6. The van der Waals surface area contributed by atoms with Gasteiger partial charge < -0.3 is 10.1 Å². The van der Waals surface area contributed by atoms with Gasteiger partial charge in [-0.2, -0.15) is 4.31 Å². The molecule has 148 valence electrons. The van der Waals surface area contributed by atoms with Gasteiger partial charge in [-0.15, -0.1) is 0 Å². The van der Waals surface area contributed by atoms with Crippen LogP contribution in [0, 0.1) is 5.92 Å². The Morgan fingerprint density at radius 1 is 1.18 bits per heavy atom. The Balaban J connectivity index is 1.64. The first-order valence-electron chi connectivity index (χ1n) is 9.20. The van der Waals surface area contributed by atoms with Gasteiger partial charge in [-0.1, -0.05) is 30.9 Å². The fraction of sp³-hybridized carbons (Fsp3) is 0.286. The van der Waals surface area contributed by atoms with Crippen LogP contribution in [0.4, 0.5) is 5.69 Å². The number of piperidine rings is 1. The number of amides is 1. The summed E-state index contributed by atoms with van der Waals surface area (Å²) in [5.74, 6) is 0.132. The Kier molecular flexibility index (Phi) is 6.49. The van der Waals surface area contributed by atoms with Crippen LogP contribution >= 0.6 is 0 Å². The van der Waals surface area contributed by atoms with Crippen LogP contribution in [0.25, 0.3) is 0 Å². The topological polar surface area (TPSA) is 75.7 Å². The van der Waals surface area contributed by atoms with Crippen molar-refractivity contribution in [1.82, 2.24) is 4.31 Å². The molecule has 0 saturated carbocycles. The number of hydrogen-bond acceptors (Lipinski definition) is 4. The van der Waals surface area contributed by atoms with Gasteiger partial charge in [0.25, 0.3) is 0 Å². The Bertz CT molecular complexity index is 911. The lowest BCUT2D eigenvalue weighted by molar-refractivity contribution is -0.120. The molecule has 1 aliphatic heterocycles. The maximum Gasteiger partial charge on any atom is 0.243 e. The summed E-state index contributed by atoms with van der Waals surface area (Å²) in [4.78, 5) is 12.9. The molecule has 1 amide bonds. The number of hydrogen-bond donors (Lipinski definition) is 1. The van der Waals surface area contributed by atoms with Crippen LogP contribution in [-0.2, 0) is 14.8 Å². The van der Waals surface area contributed by atoms with Crippen molar-refractivity contribution in [2.24, 2.45) is 5.92 Å². The number of rotatable bonds is 7. The summed E-state index contributed by atoms with van der Waals surface area (Å²) in [6.45, 7) is 4.63. The quantitative estimate of drug-likeness (QED) is 0.724. The molecule has 1 fully saturated rings. The van der Waals surface area contributed by atoms with Crippen LogP contribution in [0.1, 0.15) is 12.8 Å². The first-order chi connectivity index (χ1) is 13.5. The van der Waals surface area contributed by atoms with Crippen molar-refractivity contribution in [3.8, 4) is 5.75 Å². The predicted molar refractivity (Wildman–Crippen MR) is 109 cm³/mol. The third-order valence-corrected chi connectivity index (χ3v) is 6.50. The number of sulfonamides is 1. The highest BCUT2D eigenvalue weighted by Crippen LogP contribution is 2.25. The average Bonchev–Trinajstić information content (AvgIpc) is 2.74. The molecule has 0 radical (unpaired) electrons. The molecule has 2 aromatic carbocycles. The Morgan fingerprint density at radius 2 is 1.89 bits per heavy atom. The summed E-state index contributed by atoms with van der Waals surface area (Å²) >= 11 is 0. The molecule has 1 atom stereocenters. The van der Waals surface area contributed by atoms with Crippen molar-refractivity contribution in [2.75, 3.05) is 25.0 Å². The monoisotopic (exact) mass is 400 g/mol. The van der Waals surface area contributed by atoms with Gasteiger partial charge in [0.05, 0.1) is 10.8 Å². The minimum atomic E-state index is -3.59. The molecule has 0 aromatic heterocycles. The Morgan fingerprint density at radius 3 is 2.57 bits per heavy atom. The Labute approximate surface area is 165 Å². The summed E-state index contributed by atoms with van der Waals surface area (Å²) < 4.78 is 32.4. The van der Waals surface area contributed by atoms with E-state index in [1.165, 1.54) is 4.31 Å². The van der Waals surface area contributed by atoms with Crippen LogP contribution in [0.5, 0.6) is 5.75 Å². The van der Waals surface area contributed by atoms with Crippen molar-refractivity contribution in [2.45, 2.75) is 17.7 Å². The molecule has 1 unspecified atom stereocenters. The fourth-order valence-corrected chi connectivity index (χ4v) is 4.70. The van der Waals surface area contributed by atoms with E-state index in [1.807, 2.05) is 0 Å². The van der Waals surface area contributed by atoms with E-state index in [-0.39, 0.29) is 23.3 Å². The molecular weight excluding hydrogens is 376 g/mol. The molecule has 0 bridgehead atoms. The summed E-state index contributed by atoms with van der Waals surface area (Å²) in [7, 11) is -3.59. The minimum absolute atomic E-state index is 0.173. The summed E-state index contributed by atoms with van der Waals surface area (Å²) in [5, 5.41) is 2.87. The summed E-state index contributed by atoms with van der Waals surface area (Å²) in [6, 6.07) is 15.4. The minimum Gasteiger partial charge on any atom is -0.490 e. The van der Waals surface area contributed by atoms with E-state index in [0.29, 0.717) is 37.4 Å².